The van der Waals surface area contributed by atoms with Crippen molar-refractivity contribution in [2.75, 3.05) is 7.11 Å². The van der Waals surface area contributed by atoms with Gasteiger partial charge in [0.05, 0.1) is 28.4 Å². The number of methoxy groups -OCH3 is 1. The Hall–Kier alpha value is -4.71. The number of hydrogen-bond acceptors (Lipinski definition) is 9. The molecule has 0 aromatic heterocycles. The summed E-state index contributed by atoms with van der Waals surface area (Å²) < 4.78 is 11.2. The monoisotopic (exact) mass is 521 g/mol. The zero-order valence-electron chi connectivity index (χ0n) is 19.4. The largest absolute Gasteiger partial charge is 0.493 e. The van der Waals surface area contributed by atoms with E-state index in [2.05, 4.69) is 0 Å². The number of thioether (sulfide) groups is 1. The molecule has 0 radical (unpaired) electrons. The number of nitro groups is 2. The predicted octanol–water partition coefficient (Wildman–Crippen LogP) is 5.33. The third-order valence-electron chi connectivity index (χ3n) is 5.39. The van der Waals surface area contributed by atoms with E-state index in [1.807, 2.05) is 0 Å². The number of carbonyl (C=O) groups excluding carboxylic acids is 2. The molecule has 3 aromatic rings. The Labute approximate surface area is 214 Å². The summed E-state index contributed by atoms with van der Waals surface area (Å²) in [5.74, 6) is 0.187. The quantitative estimate of drug-likeness (QED) is 0.207. The second-order valence-electron chi connectivity index (χ2n) is 7.78. The number of non-ortho nitro benzene ring substituents is 1. The van der Waals surface area contributed by atoms with Crippen LogP contribution in [0.15, 0.2) is 71.6 Å². The summed E-state index contributed by atoms with van der Waals surface area (Å²) >= 11 is 0.741. The molecular formula is C25H19N3O8S. The fourth-order valence-electron chi connectivity index (χ4n) is 3.59. The Balaban J connectivity index is 1.50. The Bertz CT molecular complexity index is 1440. The van der Waals surface area contributed by atoms with Crippen LogP contribution in [-0.4, -0.2) is 33.0 Å². The number of hydrogen-bond donors (Lipinski definition) is 0. The third-order valence-corrected chi connectivity index (χ3v) is 6.30. The fraction of sp³-hybridized carbons (Fsp3) is 0.120. The van der Waals surface area contributed by atoms with Crippen LogP contribution in [0.5, 0.6) is 11.5 Å². The van der Waals surface area contributed by atoms with E-state index in [9.17, 15) is 29.8 Å². The molecule has 0 N–H and O–H groups in total. The summed E-state index contributed by atoms with van der Waals surface area (Å²) in [6, 6.07) is 16.9. The van der Waals surface area contributed by atoms with Gasteiger partial charge >= 0.3 is 0 Å². The van der Waals surface area contributed by atoms with Gasteiger partial charge < -0.3 is 9.47 Å². The van der Waals surface area contributed by atoms with Crippen molar-refractivity contribution in [1.82, 2.24) is 4.90 Å². The topological polar surface area (TPSA) is 142 Å². The lowest BCUT2D eigenvalue weighted by atomic mass is 10.1. The standard InChI is InChI=1S/C25H19N3O8S/c1-35-22-12-16(9-10-21(22)36-15-17-5-4-7-19(11-17)27(31)32)13-23-24(29)26(25(30)37-23)14-18-6-2-3-8-20(18)28(33)34/h2-13H,14-15H2,1H3/b23-13-. The molecule has 0 aliphatic carbocycles. The first-order valence-corrected chi connectivity index (χ1v) is 11.6. The van der Waals surface area contributed by atoms with E-state index in [0.717, 1.165) is 16.7 Å². The van der Waals surface area contributed by atoms with Gasteiger partial charge in [0.2, 0.25) is 0 Å². The van der Waals surface area contributed by atoms with Gasteiger partial charge in [0, 0.05) is 23.8 Å². The maximum Gasteiger partial charge on any atom is 0.293 e. The number of benzene rings is 3. The second-order valence-corrected chi connectivity index (χ2v) is 8.77. The molecule has 1 aliphatic heterocycles. The molecule has 0 saturated carbocycles. The summed E-state index contributed by atoms with van der Waals surface area (Å²) in [5, 5.41) is 21.7. The lowest BCUT2D eigenvalue weighted by Gasteiger charge is -2.12. The average Bonchev–Trinajstić information content (AvgIpc) is 3.15. The number of para-hydroxylation sites is 1. The van der Waals surface area contributed by atoms with Crippen molar-refractivity contribution in [2.24, 2.45) is 0 Å². The molecule has 1 aliphatic rings. The molecule has 3 aromatic carbocycles. The van der Waals surface area contributed by atoms with Crippen LogP contribution in [0.3, 0.4) is 0 Å². The highest BCUT2D eigenvalue weighted by Crippen LogP contribution is 2.36. The molecule has 1 saturated heterocycles. The SMILES string of the molecule is COc1cc(/C=C2\SC(=O)N(Cc3ccccc3[N+](=O)[O-])C2=O)ccc1OCc1cccc([N+](=O)[O-])c1. The second kappa shape index (κ2) is 10.9. The van der Waals surface area contributed by atoms with Gasteiger partial charge in [0.1, 0.15) is 6.61 Å². The van der Waals surface area contributed by atoms with Crippen molar-refractivity contribution >= 4 is 40.4 Å². The van der Waals surface area contributed by atoms with Crippen molar-refractivity contribution in [2.45, 2.75) is 13.2 Å². The number of amides is 2. The Morgan fingerprint density at radius 1 is 0.946 bits per heavy atom. The molecule has 0 spiro atoms. The number of carbonyl (C=O) groups is 2. The lowest BCUT2D eigenvalue weighted by Crippen LogP contribution is -2.27. The van der Waals surface area contributed by atoms with E-state index in [1.54, 1.807) is 36.4 Å². The molecule has 12 heteroatoms. The molecule has 37 heavy (non-hydrogen) atoms. The van der Waals surface area contributed by atoms with Crippen LogP contribution in [0.25, 0.3) is 6.08 Å². The van der Waals surface area contributed by atoms with Crippen molar-refractivity contribution in [3.05, 3.63) is 109 Å². The van der Waals surface area contributed by atoms with Gasteiger partial charge in [0.15, 0.2) is 11.5 Å². The Kier molecular flexibility index (Phi) is 7.49. The van der Waals surface area contributed by atoms with Gasteiger partial charge in [-0.05, 0) is 41.1 Å². The fourth-order valence-corrected chi connectivity index (χ4v) is 4.43. The number of imide groups is 1. The first-order chi connectivity index (χ1) is 17.8. The molecule has 0 atom stereocenters. The molecule has 11 nitrogen and oxygen atoms in total. The van der Waals surface area contributed by atoms with Crippen LogP contribution in [0, 0.1) is 20.2 Å². The van der Waals surface area contributed by atoms with E-state index in [-0.39, 0.29) is 35.0 Å². The molecule has 1 fully saturated rings. The van der Waals surface area contributed by atoms with Crippen molar-refractivity contribution in [3.63, 3.8) is 0 Å². The number of nitro benzene ring substituents is 2. The lowest BCUT2D eigenvalue weighted by molar-refractivity contribution is -0.385. The third kappa shape index (κ3) is 5.76. The molecule has 1 heterocycles. The van der Waals surface area contributed by atoms with Gasteiger partial charge in [-0.3, -0.25) is 34.7 Å². The minimum Gasteiger partial charge on any atom is -0.493 e. The van der Waals surface area contributed by atoms with Crippen LogP contribution in [0.4, 0.5) is 16.2 Å². The predicted molar refractivity (Wildman–Crippen MR) is 135 cm³/mol. The molecule has 0 bridgehead atoms. The highest BCUT2D eigenvalue weighted by Gasteiger charge is 2.36. The minimum atomic E-state index is -0.557. The van der Waals surface area contributed by atoms with E-state index in [4.69, 9.17) is 9.47 Å². The maximum atomic E-state index is 12.9. The smallest absolute Gasteiger partial charge is 0.293 e. The van der Waals surface area contributed by atoms with Crippen LogP contribution < -0.4 is 9.47 Å². The summed E-state index contributed by atoms with van der Waals surface area (Å²) in [5.41, 5.74) is 1.21. The highest BCUT2D eigenvalue weighted by atomic mass is 32.2. The normalized spacial score (nSPS) is 14.2. The van der Waals surface area contributed by atoms with Gasteiger partial charge in [-0.25, -0.2) is 0 Å². The minimum absolute atomic E-state index is 0.0424. The zero-order valence-corrected chi connectivity index (χ0v) is 20.2. The van der Waals surface area contributed by atoms with Gasteiger partial charge in [-0.1, -0.05) is 36.4 Å². The van der Waals surface area contributed by atoms with Gasteiger partial charge in [-0.15, -0.1) is 0 Å². The average molecular weight is 522 g/mol. The summed E-state index contributed by atoms with van der Waals surface area (Å²) in [6.45, 7) is -0.144. The molecule has 2 amide bonds. The first kappa shape index (κ1) is 25.4. The van der Waals surface area contributed by atoms with Crippen molar-refractivity contribution < 1.29 is 28.9 Å². The van der Waals surface area contributed by atoms with Crippen LogP contribution in [0.2, 0.25) is 0 Å². The van der Waals surface area contributed by atoms with Crippen LogP contribution >= 0.6 is 11.8 Å². The molecule has 4 rings (SSSR count). The Morgan fingerprint density at radius 3 is 2.46 bits per heavy atom. The number of ether oxygens (including phenoxy) is 2. The van der Waals surface area contributed by atoms with E-state index in [0.29, 0.717) is 22.6 Å². The highest BCUT2D eigenvalue weighted by molar-refractivity contribution is 8.18. The van der Waals surface area contributed by atoms with Gasteiger partial charge in [0.25, 0.3) is 22.5 Å². The van der Waals surface area contributed by atoms with Crippen molar-refractivity contribution in [1.29, 1.82) is 0 Å². The number of rotatable bonds is 9. The van der Waals surface area contributed by atoms with E-state index >= 15 is 0 Å². The van der Waals surface area contributed by atoms with E-state index in [1.165, 1.54) is 43.5 Å². The summed E-state index contributed by atoms with van der Waals surface area (Å²) in [4.78, 5) is 47.7. The number of nitrogens with zero attached hydrogens (tertiary/aromatic N) is 3. The molecule has 0 unspecified atom stereocenters. The Morgan fingerprint density at radius 2 is 1.73 bits per heavy atom. The van der Waals surface area contributed by atoms with Crippen molar-refractivity contribution in [3.8, 4) is 11.5 Å². The maximum absolute atomic E-state index is 12.9. The molecule has 188 valence electrons. The van der Waals surface area contributed by atoms with E-state index < -0.39 is 21.0 Å². The first-order valence-electron chi connectivity index (χ1n) is 10.8. The summed E-state index contributed by atoms with van der Waals surface area (Å²) in [7, 11) is 1.44. The van der Waals surface area contributed by atoms with Crippen LogP contribution in [-0.2, 0) is 17.9 Å². The summed E-state index contributed by atoms with van der Waals surface area (Å²) in [6.07, 6.45) is 1.52. The van der Waals surface area contributed by atoms with Crippen LogP contribution in [0.1, 0.15) is 16.7 Å². The van der Waals surface area contributed by atoms with Gasteiger partial charge in [-0.2, -0.15) is 0 Å². The molecular weight excluding hydrogens is 502 g/mol. The zero-order chi connectivity index (χ0) is 26.5.